The van der Waals surface area contributed by atoms with Gasteiger partial charge in [-0.3, -0.25) is 14.6 Å². The first-order chi connectivity index (χ1) is 16.9. The van der Waals surface area contributed by atoms with Crippen molar-refractivity contribution in [1.29, 1.82) is 0 Å². The average molecular weight is 496 g/mol. The van der Waals surface area contributed by atoms with Gasteiger partial charge in [0.15, 0.2) is 0 Å². The number of carbonyl (C=O) groups is 2. The molecule has 2 aromatic rings. The van der Waals surface area contributed by atoms with Crippen LogP contribution in [-0.2, 0) is 14.3 Å². The number of Topliss-reactive ketones (excluding diaryl/α,β-unsaturated/α-hetero) is 1. The number of pyridine rings is 1. The zero-order valence-electron chi connectivity index (χ0n) is 22.5. The third-order valence-corrected chi connectivity index (χ3v) is 7.88. The van der Waals surface area contributed by atoms with Gasteiger partial charge in [0, 0.05) is 23.9 Å². The van der Waals surface area contributed by atoms with E-state index in [-0.39, 0.29) is 18.1 Å². The van der Waals surface area contributed by atoms with E-state index in [1.807, 2.05) is 38.1 Å². The predicted octanol–water partition coefficient (Wildman–Crippen LogP) is 5.63. The van der Waals surface area contributed by atoms with Crippen LogP contribution in [0.3, 0.4) is 0 Å². The zero-order chi connectivity index (χ0) is 26.6. The number of allylic oxidation sites excluding steroid dienone is 1. The number of ether oxygens (including phenoxy) is 1. The van der Waals surface area contributed by atoms with E-state index in [9.17, 15) is 19.8 Å². The average Bonchev–Trinajstić information content (AvgIpc) is 2.84. The van der Waals surface area contributed by atoms with Gasteiger partial charge in [-0.1, -0.05) is 51.5 Å². The van der Waals surface area contributed by atoms with E-state index in [1.54, 1.807) is 27.0 Å². The fourth-order valence-electron chi connectivity index (χ4n) is 5.06. The van der Waals surface area contributed by atoms with Crippen LogP contribution in [0.15, 0.2) is 42.1 Å². The highest BCUT2D eigenvalue weighted by Gasteiger charge is 2.42. The molecule has 3 rings (SSSR count). The number of cyclic esters (lactones) is 1. The molecule has 0 aliphatic carbocycles. The third-order valence-electron chi connectivity index (χ3n) is 7.88. The van der Waals surface area contributed by atoms with Crippen molar-refractivity contribution in [3.05, 3.63) is 53.2 Å². The van der Waals surface area contributed by atoms with Gasteiger partial charge in [0.25, 0.3) is 0 Å². The minimum absolute atomic E-state index is 0.0520. The summed E-state index contributed by atoms with van der Waals surface area (Å²) in [4.78, 5) is 30.7. The zero-order valence-corrected chi connectivity index (χ0v) is 22.5. The summed E-state index contributed by atoms with van der Waals surface area (Å²) in [7, 11) is 0. The number of rotatable bonds is 1. The molecule has 0 radical (unpaired) electrons. The Morgan fingerprint density at radius 2 is 1.81 bits per heavy atom. The molecule has 0 fully saturated rings. The van der Waals surface area contributed by atoms with Crippen LogP contribution in [0, 0.1) is 24.2 Å². The van der Waals surface area contributed by atoms with Crippen molar-refractivity contribution in [2.45, 2.75) is 92.0 Å². The van der Waals surface area contributed by atoms with E-state index < -0.39 is 35.6 Å². The summed E-state index contributed by atoms with van der Waals surface area (Å²) in [5.41, 5.74) is 2.79. The van der Waals surface area contributed by atoms with Crippen LogP contribution in [-0.4, -0.2) is 39.2 Å². The van der Waals surface area contributed by atoms with Crippen molar-refractivity contribution in [2.24, 2.45) is 17.3 Å². The molecule has 36 heavy (non-hydrogen) atoms. The Hall–Kier alpha value is -2.57. The number of aryl methyl sites for hydroxylation is 1. The van der Waals surface area contributed by atoms with Gasteiger partial charge in [0.2, 0.25) is 0 Å². The molecule has 2 N–H and O–H groups in total. The van der Waals surface area contributed by atoms with Gasteiger partial charge >= 0.3 is 5.97 Å². The highest BCUT2D eigenvalue weighted by atomic mass is 16.5. The fraction of sp³-hybridized carbons (Fsp3) is 0.567. The van der Waals surface area contributed by atoms with Gasteiger partial charge in [-0.2, -0.15) is 0 Å². The maximum Gasteiger partial charge on any atom is 0.309 e. The Kier molecular flexibility index (Phi) is 9.07. The van der Waals surface area contributed by atoms with Crippen LogP contribution in [0.4, 0.5) is 0 Å². The highest BCUT2D eigenvalue weighted by molar-refractivity contribution is 5.88. The number of aliphatic hydroxyl groups excluding tert-OH is 2. The van der Waals surface area contributed by atoms with E-state index in [0.29, 0.717) is 6.42 Å². The molecule has 0 amide bonds. The SMILES string of the molecule is C/C1=C/C[C@@H](c2ccc3c(C)ccnc3c2)OC(=O)CC(O)C(C)(C)C(=O)C(C)[C@@H](O)C(C)CCC1. The monoisotopic (exact) mass is 495 g/mol. The summed E-state index contributed by atoms with van der Waals surface area (Å²) in [5.74, 6) is -1.52. The molecule has 0 spiro atoms. The smallest absolute Gasteiger partial charge is 0.309 e. The number of esters is 1. The maximum atomic E-state index is 13.2. The first-order valence-electron chi connectivity index (χ1n) is 13.0. The van der Waals surface area contributed by atoms with Gasteiger partial charge in [0.05, 0.1) is 29.6 Å². The van der Waals surface area contributed by atoms with Gasteiger partial charge in [-0.05, 0) is 62.3 Å². The minimum atomic E-state index is -1.23. The van der Waals surface area contributed by atoms with E-state index in [1.165, 1.54) is 5.57 Å². The number of hydrogen-bond acceptors (Lipinski definition) is 6. The summed E-state index contributed by atoms with van der Waals surface area (Å²) >= 11 is 0. The predicted molar refractivity (Wildman–Crippen MR) is 141 cm³/mol. The summed E-state index contributed by atoms with van der Waals surface area (Å²) in [6.07, 6.45) is 4.05. The molecule has 0 saturated carbocycles. The van der Waals surface area contributed by atoms with Crippen molar-refractivity contribution in [1.82, 2.24) is 4.98 Å². The molecule has 196 valence electrons. The molecule has 3 unspecified atom stereocenters. The summed E-state index contributed by atoms with van der Waals surface area (Å²) in [5, 5.41) is 22.8. The fourth-order valence-corrected chi connectivity index (χ4v) is 5.06. The molecule has 0 bridgehead atoms. The summed E-state index contributed by atoms with van der Waals surface area (Å²) < 4.78 is 5.90. The third kappa shape index (κ3) is 6.40. The first kappa shape index (κ1) is 28.0. The Balaban J connectivity index is 1.93. The van der Waals surface area contributed by atoms with Crippen molar-refractivity contribution in [3.8, 4) is 0 Å². The van der Waals surface area contributed by atoms with Crippen molar-refractivity contribution in [3.63, 3.8) is 0 Å². The highest BCUT2D eigenvalue weighted by Crippen LogP contribution is 2.33. The Bertz CT molecular complexity index is 1120. The number of aromatic nitrogens is 1. The number of aliphatic hydroxyl groups is 2. The van der Waals surface area contributed by atoms with Gasteiger partial charge in [-0.25, -0.2) is 0 Å². The Morgan fingerprint density at radius 1 is 1.08 bits per heavy atom. The molecule has 6 heteroatoms. The lowest BCUT2D eigenvalue weighted by molar-refractivity contribution is -0.155. The lowest BCUT2D eigenvalue weighted by atomic mass is 9.73. The topological polar surface area (TPSA) is 96.7 Å². The number of hydrogen-bond donors (Lipinski definition) is 2. The molecule has 0 saturated heterocycles. The molecular weight excluding hydrogens is 454 g/mol. The standard InChI is InChI=1S/C30H41NO5/c1-18-8-7-9-20(3)28(34)21(4)29(35)30(5,6)26(32)17-27(33)36-25(13-10-18)22-11-12-23-19(2)14-15-31-24(23)16-22/h10-12,14-16,20-21,25-26,28,32,34H,7-9,13,17H2,1-6H3/b18-10-/t20?,21?,25-,26?,28-/m0/s1. The molecule has 1 aliphatic rings. The summed E-state index contributed by atoms with van der Waals surface area (Å²) in [6.45, 7) is 11.0. The number of ketones is 1. The maximum absolute atomic E-state index is 13.2. The lowest BCUT2D eigenvalue weighted by Gasteiger charge is -2.34. The second-order valence-corrected chi connectivity index (χ2v) is 11.1. The Labute approximate surface area is 214 Å². The van der Waals surface area contributed by atoms with Crippen LogP contribution in [0.2, 0.25) is 0 Å². The van der Waals surface area contributed by atoms with E-state index >= 15 is 0 Å². The van der Waals surface area contributed by atoms with E-state index in [0.717, 1.165) is 41.3 Å². The van der Waals surface area contributed by atoms with Crippen LogP contribution in [0.1, 0.15) is 84.0 Å². The van der Waals surface area contributed by atoms with Crippen LogP contribution in [0.5, 0.6) is 0 Å². The number of carbonyl (C=O) groups excluding carboxylic acids is 2. The number of fused-ring (bicyclic) bond motifs is 1. The molecule has 1 aromatic carbocycles. The van der Waals surface area contributed by atoms with E-state index in [4.69, 9.17) is 4.74 Å². The summed E-state index contributed by atoms with van der Waals surface area (Å²) in [6, 6.07) is 7.88. The minimum Gasteiger partial charge on any atom is -0.457 e. The quantitative estimate of drug-likeness (QED) is 0.393. The molecule has 1 aliphatic heterocycles. The Morgan fingerprint density at radius 3 is 2.53 bits per heavy atom. The van der Waals surface area contributed by atoms with Crippen molar-refractivity contribution < 1.29 is 24.5 Å². The van der Waals surface area contributed by atoms with Gasteiger partial charge < -0.3 is 14.9 Å². The van der Waals surface area contributed by atoms with Crippen molar-refractivity contribution in [2.75, 3.05) is 0 Å². The van der Waals surface area contributed by atoms with Crippen LogP contribution in [0.25, 0.3) is 10.9 Å². The molecule has 6 nitrogen and oxygen atoms in total. The van der Waals surface area contributed by atoms with E-state index in [2.05, 4.69) is 18.0 Å². The molecule has 5 atom stereocenters. The lowest BCUT2D eigenvalue weighted by Crippen LogP contribution is -2.45. The number of nitrogens with zero attached hydrogens (tertiary/aromatic N) is 1. The number of benzene rings is 1. The molecular formula is C30H41NO5. The normalized spacial score (nSPS) is 30.4. The van der Waals surface area contributed by atoms with Crippen LogP contribution < -0.4 is 0 Å². The molecule has 1 aromatic heterocycles. The van der Waals surface area contributed by atoms with Gasteiger partial charge in [-0.15, -0.1) is 0 Å². The second kappa shape index (κ2) is 11.7. The largest absolute Gasteiger partial charge is 0.457 e. The van der Waals surface area contributed by atoms with Crippen molar-refractivity contribution >= 4 is 22.7 Å². The second-order valence-electron chi connectivity index (χ2n) is 11.1. The van der Waals surface area contributed by atoms with Gasteiger partial charge in [0.1, 0.15) is 11.9 Å². The van der Waals surface area contributed by atoms with Crippen LogP contribution >= 0.6 is 0 Å². The molecule has 2 heterocycles. The first-order valence-corrected chi connectivity index (χ1v) is 13.0.